The first kappa shape index (κ1) is 14.3. The molecule has 1 aliphatic heterocycles. The number of fused-ring (bicyclic) bond motifs is 1. The van der Waals surface area contributed by atoms with E-state index in [4.69, 9.17) is 9.47 Å². The van der Waals surface area contributed by atoms with Crippen LogP contribution in [0.5, 0.6) is 0 Å². The van der Waals surface area contributed by atoms with Gasteiger partial charge in [-0.3, -0.25) is 4.79 Å². The van der Waals surface area contributed by atoms with Crippen molar-refractivity contribution in [2.45, 2.75) is 82.1 Å². The number of esters is 1. The van der Waals surface area contributed by atoms with Gasteiger partial charge in [-0.15, -0.1) is 0 Å². The van der Waals surface area contributed by atoms with Gasteiger partial charge < -0.3 is 14.8 Å². The molecule has 0 spiro atoms. The van der Waals surface area contributed by atoms with Gasteiger partial charge in [-0.1, -0.05) is 12.8 Å². The van der Waals surface area contributed by atoms with Gasteiger partial charge in [0.25, 0.3) is 0 Å². The average Bonchev–Trinajstić information content (AvgIpc) is 2.91. The average molecular weight is 281 g/mol. The molecule has 3 rings (SSSR count). The van der Waals surface area contributed by atoms with Crippen LogP contribution in [0.2, 0.25) is 0 Å². The Morgan fingerprint density at radius 1 is 1.00 bits per heavy atom. The molecule has 1 saturated heterocycles. The van der Waals surface area contributed by atoms with Gasteiger partial charge >= 0.3 is 5.97 Å². The summed E-state index contributed by atoms with van der Waals surface area (Å²) in [6.45, 7) is 0. The molecule has 4 nitrogen and oxygen atoms in total. The lowest BCUT2D eigenvalue weighted by atomic mass is 9.85. The minimum absolute atomic E-state index is 0.0267. The van der Waals surface area contributed by atoms with E-state index in [1.165, 1.54) is 25.7 Å². The lowest BCUT2D eigenvalue weighted by molar-refractivity contribution is -0.154. The molecule has 0 bridgehead atoms. The van der Waals surface area contributed by atoms with Gasteiger partial charge in [0.15, 0.2) is 0 Å². The number of ether oxygens (including phenoxy) is 2. The van der Waals surface area contributed by atoms with Crippen LogP contribution in [0.25, 0.3) is 0 Å². The molecule has 5 atom stereocenters. The van der Waals surface area contributed by atoms with Gasteiger partial charge in [0.2, 0.25) is 0 Å². The van der Waals surface area contributed by atoms with E-state index in [0.717, 1.165) is 32.1 Å². The first-order valence-electron chi connectivity index (χ1n) is 8.25. The molecule has 0 aromatic carbocycles. The zero-order chi connectivity index (χ0) is 13.9. The standard InChI is InChI=1S/C16H27NO3/c1-19-12-6-4-7-13(10-12)20-16(18)15-9-11-5-2-3-8-14(11)17-15/h11-15,17H,2-10H2,1H3. The van der Waals surface area contributed by atoms with E-state index >= 15 is 0 Å². The van der Waals surface area contributed by atoms with E-state index in [1.54, 1.807) is 7.11 Å². The van der Waals surface area contributed by atoms with Crippen LogP contribution in [0, 0.1) is 5.92 Å². The van der Waals surface area contributed by atoms with Crippen molar-refractivity contribution < 1.29 is 14.3 Å². The fourth-order valence-electron chi connectivity index (χ4n) is 4.17. The summed E-state index contributed by atoms with van der Waals surface area (Å²) in [5, 5.41) is 3.50. The molecule has 5 unspecified atom stereocenters. The Kier molecular flexibility index (Phi) is 4.61. The summed E-state index contributed by atoms with van der Waals surface area (Å²) >= 11 is 0. The van der Waals surface area contributed by atoms with Crippen LogP contribution in [-0.2, 0) is 14.3 Å². The second-order valence-electron chi connectivity index (χ2n) is 6.69. The highest BCUT2D eigenvalue weighted by molar-refractivity contribution is 5.76. The molecule has 1 heterocycles. The van der Waals surface area contributed by atoms with E-state index in [0.29, 0.717) is 12.0 Å². The van der Waals surface area contributed by atoms with Crippen molar-refractivity contribution in [3.05, 3.63) is 0 Å². The summed E-state index contributed by atoms with van der Waals surface area (Å²) in [4.78, 5) is 12.3. The lowest BCUT2D eigenvalue weighted by Crippen LogP contribution is -2.40. The van der Waals surface area contributed by atoms with Gasteiger partial charge in [0.05, 0.1) is 6.10 Å². The SMILES string of the molecule is COC1CCCC(OC(=O)C2CC3CCCCC3N2)C1. The summed E-state index contributed by atoms with van der Waals surface area (Å²) in [5.41, 5.74) is 0. The van der Waals surface area contributed by atoms with Crippen LogP contribution < -0.4 is 5.32 Å². The number of methoxy groups -OCH3 is 1. The quantitative estimate of drug-likeness (QED) is 0.807. The molecule has 1 N–H and O–H groups in total. The second kappa shape index (κ2) is 6.44. The highest BCUT2D eigenvalue weighted by atomic mass is 16.5. The molecule has 0 aromatic rings. The second-order valence-corrected chi connectivity index (χ2v) is 6.69. The van der Waals surface area contributed by atoms with E-state index < -0.39 is 0 Å². The zero-order valence-corrected chi connectivity index (χ0v) is 12.5. The number of nitrogens with one attached hydrogen (secondary N) is 1. The van der Waals surface area contributed by atoms with E-state index in [1.807, 2.05) is 0 Å². The molecule has 0 radical (unpaired) electrons. The molecule has 2 aliphatic carbocycles. The van der Waals surface area contributed by atoms with Crippen molar-refractivity contribution in [1.82, 2.24) is 5.32 Å². The van der Waals surface area contributed by atoms with Crippen molar-refractivity contribution in [2.24, 2.45) is 5.92 Å². The maximum absolute atomic E-state index is 12.3. The van der Waals surface area contributed by atoms with Crippen molar-refractivity contribution in [2.75, 3.05) is 7.11 Å². The lowest BCUT2D eigenvalue weighted by Gasteiger charge is -2.28. The molecule has 0 amide bonds. The van der Waals surface area contributed by atoms with Crippen molar-refractivity contribution >= 4 is 5.97 Å². The highest BCUT2D eigenvalue weighted by Crippen LogP contribution is 2.34. The van der Waals surface area contributed by atoms with Gasteiger partial charge in [0.1, 0.15) is 12.1 Å². The molecule has 4 heteroatoms. The Hall–Kier alpha value is -0.610. The topological polar surface area (TPSA) is 47.6 Å². The molecule has 0 aromatic heterocycles. The molecule has 20 heavy (non-hydrogen) atoms. The summed E-state index contributed by atoms with van der Waals surface area (Å²) in [5.74, 6) is 0.667. The summed E-state index contributed by atoms with van der Waals surface area (Å²) < 4.78 is 11.1. The number of hydrogen-bond donors (Lipinski definition) is 1. The first-order valence-corrected chi connectivity index (χ1v) is 8.25. The van der Waals surface area contributed by atoms with E-state index in [-0.39, 0.29) is 24.2 Å². The minimum atomic E-state index is -0.0639. The third kappa shape index (κ3) is 3.17. The molecular formula is C16H27NO3. The third-order valence-corrected chi connectivity index (χ3v) is 5.34. The van der Waals surface area contributed by atoms with Crippen LogP contribution >= 0.6 is 0 Å². The fraction of sp³-hybridized carbons (Fsp3) is 0.938. The monoisotopic (exact) mass is 281 g/mol. The number of carbonyl (C=O) groups excluding carboxylic acids is 1. The minimum Gasteiger partial charge on any atom is -0.461 e. The normalized spacial score (nSPS) is 41.1. The Morgan fingerprint density at radius 3 is 2.60 bits per heavy atom. The number of rotatable bonds is 3. The van der Waals surface area contributed by atoms with Crippen molar-refractivity contribution in [3.8, 4) is 0 Å². The van der Waals surface area contributed by atoms with Crippen molar-refractivity contribution in [1.29, 1.82) is 0 Å². The molecule has 2 saturated carbocycles. The maximum atomic E-state index is 12.3. The van der Waals surface area contributed by atoms with Crippen LogP contribution in [0.15, 0.2) is 0 Å². The van der Waals surface area contributed by atoms with Crippen LogP contribution in [-0.4, -0.2) is 37.4 Å². The Morgan fingerprint density at radius 2 is 1.80 bits per heavy atom. The van der Waals surface area contributed by atoms with Crippen LogP contribution in [0.3, 0.4) is 0 Å². The van der Waals surface area contributed by atoms with E-state index in [9.17, 15) is 4.79 Å². The van der Waals surface area contributed by atoms with Gasteiger partial charge in [-0.25, -0.2) is 0 Å². The predicted molar refractivity (Wildman–Crippen MR) is 76.4 cm³/mol. The maximum Gasteiger partial charge on any atom is 0.323 e. The zero-order valence-electron chi connectivity index (χ0n) is 12.5. The molecule has 3 fully saturated rings. The molecule has 3 aliphatic rings. The fourth-order valence-corrected chi connectivity index (χ4v) is 4.17. The summed E-state index contributed by atoms with van der Waals surface area (Å²) in [6.07, 6.45) is 10.5. The Labute approximate surface area is 121 Å². The van der Waals surface area contributed by atoms with Crippen LogP contribution in [0.1, 0.15) is 57.8 Å². The van der Waals surface area contributed by atoms with Gasteiger partial charge in [0, 0.05) is 19.6 Å². The first-order chi connectivity index (χ1) is 9.76. The summed E-state index contributed by atoms with van der Waals surface area (Å²) in [7, 11) is 1.75. The van der Waals surface area contributed by atoms with Gasteiger partial charge in [-0.05, 0) is 44.4 Å². The highest BCUT2D eigenvalue weighted by Gasteiger charge is 2.39. The third-order valence-electron chi connectivity index (χ3n) is 5.34. The molecule has 114 valence electrons. The number of carbonyl (C=O) groups is 1. The van der Waals surface area contributed by atoms with Gasteiger partial charge in [-0.2, -0.15) is 0 Å². The van der Waals surface area contributed by atoms with E-state index in [2.05, 4.69) is 5.32 Å². The summed E-state index contributed by atoms with van der Waals surface area (Å²) in [6, 6.07) is 0.491. The number of hydrogen-bond acceptors (Lipinski definition) is 4. The smallest absolute Gasteiger partial charge is 0.323 e. The van der Waals surface area contributed by atoms with Crippen molar-refractivity contribution in [3.63, 3.8) is 0 Å². The van der Waals surface area contributed by atoms with Crippen LogP contribution in [0.4, 0.5) is 0 Å². The Balaban J connectivity index is 1.49. The molecular weight excluding hydrogens is 254 g/mol. The predicted octanol–water partition coefficient (Wildman–Crippen LogP) is 2.41. The largest absolute Gasteiger partial charge is 0.461 e. The Bertz CT molecular complexity index is 333.